The lowest BCUT2D eigenvalue weighted by molar-refractivity contribution is 0.282. The van der Waals surface area contributed by atoms with Crippen LogP contribution < -0.4 is 5.73 Å². The van der Waals surface area contributed by atoms with Gasteiger partial charge in [-0.1, -0.05) is 6.07 Å². The highest BCUT2D eigenvalue weighted by Crippen LogP contribution is 2.29. The van der Waals surface area contributed by atoms with Crippen LogP contribution in [-0.4, -0.2) is 24.0 Å². The zero-order valence-corrected chi connectivity index (χ0v) is 13.0. The van der Waals surface area contributed by atoms with Gasteiger partial charge in [-0.2, -0.15) is 0 Å². The zero-order chi connectivity index (χ0) is 16.1. The number of rotatable bonds is 2. The van der Waals surface area contributed by atoms with Gasteiger partial charge in [-0.05, 0) is 36.8 Å². The summed E-state index contributed by atoms with van der Waals surface area (Å²) in [5.74, 6) is 1.55. The minimum Gasteiger partial charge on any atom is -0.392 e. The summed E-state index contributed by atoms with van der Waals surface area (Å²) >= 11 is 0. The van der Waals surface area contributed by atoms with Crippen molar-refractivity contribution in [2.45, 2.75) is 13.5 Å². The maximum Gasteiger partial charge on any atom is 0.139 e. The SMILES string of the molecule is Cc1nc2cc(-c3nc4cc(CO)ccn4c3N)ccc2n1C. The van der Waals surface area contributed by atoms with Crippen molar-refractivity contribution in [1.82, 2.24) is 18.9 Å². The maximum absolute atomic E-state index is 9.26. The average molecular weight is 307 g/mol. The number of nitrogens with two attached hydrogens (primary N) is 1. The van der Waals surface area contributed by atoms with E-state index < -0.39 is 0 Å². The quantitative estimate of drug-likeness (QED) is 0.595. The summed E-state index contributed by atoms with van der Waals surface area (Å²) in [4.78, 5) is 9.18. The Labute approximate surface area is 132 Å². The Morgan fingerprint density at radius 1 is 1.17 bits per heavy atom. The first kappa shape index (κ1) is 13.8. The second-order valence-electron chi connectivity index (χ2n) is 5.69. The fraction of sp³-hybridized carbons (Fsp3) is 0.176. The van der Waals surface area contributed by atoms with E-state index in [1.807, 2.05) is 54.9 Å². The van der Waals surface area contributed by atoms with Crippen LogP contribution in [0.3, 0.4) is 0 Å². The molecule has 3 heterocycles. The average Bonchev–Trinajstić information content (AvgIpc) is 3.04. The molecule has 0 aliphatic rings. The van der Waals surface area contributed by atoms with E-state index in [0.29, 0.717) is 5.82 Å². The third-order valence-corrected chi connectivity index (χ3v) is 4.29. The third-order valence-electron chi connectivity index (χ3n) is 4.29. The Bertz CT molecular complexity index is 1040. The minimum absolute atomic E-state index is 0.0161. The lowest BCUT2D eigenvalue weighted by Gasteiger charge is -2.01. The molecule has 4 aromatic rings. The van der Waals surface area contributed by atoms with E-state index in [2.05, 4.69) is 14.5 Å². The van der Waals surface area contributed by atoms with Crippen LogP contribution >= 0.6 is 0 Å². The van der Waals surface area contributed by atoms with Gasteiger partial charge in [-0.15, -0.1) is 0 Å². The van der Waals surface area contributed by atoms with Crippen molar-refractivity contribution in [3.05, 3.63) is 47.9 Å². The predicted octanol–water partition coefficient (Wildman–Crippen LogP) is 2.27. The van der Waals surface area contributed by atoms with E-state index >= 15 is 0 Å². The fourth-order valence-electron chi connectivity index (χ4n) is 2.88. The number of hydrogen-bond acceptors (Lipinski definition) is 4. The lowest BCUT2D eigenvalue weighted by Crippen LogP contribution is -1.95. The number of hydrogen-bond donors (Lipinski definition) is 2. The highest BCUT2D eigenvalue weighted by atomic mass is 16.3. The molecule has 0 radical (unpaired) electrons. The molecule has 0 amide bonds. The van der Waals surface area contributed by atoms with Crippen molar-refractivity contribution in [2.75, 3.05) is 5.73 Å². The third kappa shape index (κ3) is 1.99. The normalized spacial score (nSPS) is 11.6. The molecule has 1 aromatic carbocycles. The molecular weight excluding hydrogens is 290 g/mol. The van der Waals surface area contributed by atoms with E-state index in [1.165, 1.54) is 0 Å². The zero-order valence-electron chi connectivity index (χ0n) is 13.0. The first-order valence-electron chi connectivity index (χ1n) is 7.39. The lowest BCUT2D eigenvalue weighted by atomic mass is 10.1. The van der Waals surface area contributed by atoms with Gasteiger partial charge in [0, 0.05) is 18.8 Å². The summed E-state index contributed by atoms with van der Waals surface area (Å²) in [6.07, 6.45) is 1.83. The van der Waals surface area contributed by atoms with Crippen LogP contribution in [0.5, 0.6) is 0 Å². The molecule has 0 unspecified atom stereocenters. The molecule has 0 atom stereocenters. The largest absolute Gasteiger partial charge is 0.392 e. The van der Waals surface area contributed by atoms with Crippen molar-refractivity contribution >= 4 is 22.5 Å². The monoisotopic (exact) mass is 307 g/mol. The molecule has 0 bridgehead atoms. The van der Waals surface area contributed by atoms with Gasteiger partial charge in [-0.25, -0.2) is 9.97 Å². The van der Waals surface area contributed by atoms with Crippen LogP contribution in [-0.2, 0) is 13.7 Å². The van der Waals surface area contributed by atoms with Gasteiger partial charge in [0.2, 0.25) is 0 Å². The summed E-state index contributed by atoms with van der Waals surface area (Å²) in [6.45, 7) is 1.97. The molecule has 0 aliphatic heterocycles. The number of nitrogen functional groups attached to an aromatic ring is 1. The van der Waals surface area contributed by atoms with Crippen molar-refractivity contribution in [2.24, 2.45) is 7.05 Å². The van der Waals surface area contributed by atoms with Crippen LogP contribution in [0.1, 0.15) is 11.4 Å². The predicted molar refractivity (Wildman–Crippen MR) is 90.0 cm³/mol. The van der Waals surface area contributed by atoms with Gasteiger partial charge in [0.15, 0.2) is 0 Å². The van der Waals surface area contributed by atoms with Crippen molar-refractivity contribution in [1.29, 1.82) is 0 Å². The number of benzene rings is 1. The summed E-state index contributed by atoms with van der Waals surface area (Å²) in [5.41, 5.74) is 11.5. The van der Waals surface area contributed by atoms with Gasteiger partial charge in [-0.3, -0.25) is 4.40 Å². The highest BCUT2D eigenvalue weighted by molar-refractivity contribution is 5.85. The summed E-state index contributed by atoms with van der Waals surface area (Å²) in [5, 5.41) is 9.26. The van der Waals surface area contributed by atoms with Crippen LogP contribution in [0.4, 0.5) is 5.82 Å². The molecule has 116 valence electrons. The topological polar surface area (TPSA) is 81.4 Å². The summed E-state index contributed by atoms with van der Waals surface area (Å²) < 4.78 is 3.88. The number of aromatic nitrogens is 4. The number of imidazole rings is 2. The van der Waals surface area contributed by atoms with Gasteiger partial charge in [0.1, 0.15) is 23.0 Å². The highest BCUT2D eigenvalue weighted by Gasteiger charge is 2.13. The molecule has 0 spiro atoms. The van der Waals surface area contributed by atoms with Crippen LogP contribution in [0.2, 0.25) is 0 Å². The number of aliphatic hydroxyl groups excluding tert-OH is 1. The van der Waals surface area contributed by atoms with E-state index in [0.717, 1.165) is 39.3 Å². The Morgan fingerprint density at radius 2 is 2.00 bits per heavy atom. The second-order valence-corrected chi connectivity index (χ2v) is 5.69. The van der Waals surface area contributed by atoms with Crippen molar-refractivity contribution in [3.63, 3.8) is 0 Å². The molecular formula is C17H17N5O. The molecule has 0 fully saturated rings. The summed E-state index contributed by atoms with van der Waals surface area (Å²) in [7, 11) is 2.00. The van der Waals surface area contributed by atoms with Crippen molar-refractivity contribution in [3.8, 4) is 11.3 Å². The molecule has 3 aromatic heterocycles. The van der Waals surface area contributed by atoms with E-state index in [9.17, 15) is 5.11 Å². The standard InChI is InChI=1S/C17H17N5O/c1-10-19-13-8-12(3-4-14(13)21(10)2)16-17(18)22-6-5-11(9-23)7-15(22)20-16/h3-8,23H,9,18H2,1-2H3. The van der Waals surface area contributed by atoms with Gasteiger partial charge < -0.3 is 15.4 Å². The van der Waals surface area contributed by atoms with Gasteiger partial charge in [0.25, 0.3) is 0 Å². The molecule has 0 saturated heterocycles. The van der Waals surface area contributed by atoms with Crippen molar-refractivity contribution < 1.29 is 5.11 Å². The Hall–Kier alpha value is -2.86. The first-order chi connectivity index (χ1) is 11.1. The van der Waals surface area contributed by atoms with Crippen LogP contribution in [0.15, 0.2) is 36.5 Å². The Morgan fingerprint density at radius 3 is 2.78 bits per heavy atom. The van der Waals surface area contributed by atoms with Gasteiger partial charge in [0.05, 0.1) is 17.6 Å². The first-order valence-corrected chi connectivity index (χ1v) is 7.39. The molecule has 0 aliphatic carbocycles. The molecule has 3 N–H and O–H groups in total. The molecule has 0 saturated carbocycles. The number of anilines is 1. The molecule has 4 rings (SSSR count). The van der Waals surface area contributed by atoms with Crippen LogP contribution in [0.25, 0.3) is 27.9 Å². The number of pyridine rings is 1. The van der Waals surface area contributed by atoms with E-state index in [-0.39, 0.29) is 6.61 Å². The van der Waals surface area contributed by atoms with Gasteiger partial charge >= 0.3 is 0 Å². The molecule has 23 heavy (non-hydrogen) atoms. The minimum atomic E-state index is -0.0161. The molecule has 6 nitrogen and oxygen atoms in total. The number of aryl methyl sites for hydroxylation is 2. The van der Waals surface area contributed by atoms with E-state index in [1.54, 1.807) is 0 Å². The summed E-state index contributed by atoms with van der Waals surface area (Å²) in [6, 6.07) is 9.72. The number of fused-ring (bicyclic) bond motifs is 2. The Kier molecular flexibility index (Phi) is 2.89. The Balaban J connectivity index is 1.92. The fourth-order valence-corrected chi connectivity index (χ4v) is 2.88. The number of nitrogens with zero attached hydrogens (tertiary/aromatic N) is 4. The smallest absolute Gasteiger partial charge is 0.139 e. The number of aliphatic hydroxyl groups is 1. The van der Waals surface area contributed by atoms with Crippen LogP contribution in [0, 0.1) is 6.92 Å². The van der Waals surface area contributed by atoms with E-state index in [4.69, 9.17) is 5.73 Å². The molecule has 6 heteroatoms. The maximum atomic E-state index is 9.26. The second kappa shape index (κ2) is 4.82.